The van der Waals surface area contributed by atoms with Crippen LogP contribution in [-0.2, 0) is 10.0 Å². The summed E-state index contributed by atoms with van der Waals surface area (Å²) < 4.78 is 24.8. The molecule has 6 heteroatoms. The summed E-state index contributed by atoms with van der Waals surface area (Å²) in [7, 11) is -3.48. The highest BCUT2D eigenvalue weighted by molar-refractivity contribution is 7.89. The smallest absolute Gasteiger partial charge is 0.211 e. The van der Waals surface area contributed by atoms with E-state index in [1.807, 2.05) is 0 Å². The Morgan fingerprint density at radius 3 is 2.27 bits per heavy atom. The normalized spacial score (nSPS) is 21.5. The lowest BCUT2D eigenvalue weighted by Gasteiger charge is -2.28. The molecular weight excluding hydrogens is 214 g/mol. The quantitative estimate of drug-likeness (QED) is 0.686. The van der Waals surface area contributed by atoms with Crippen LogP contribution in [-0.4, -0.2) is 31.1 Å². The van der Waals surface area contributed by atoms with Gasteiger partial charge in [0.15, 0.2) is 5.25 Å². The molecule has 1 unspecified atom stereocenters. The first-order valence-corrected chi connectivity index (χ1v) is 6.31. The predicted octanol–water partition coefficient (Wildman–Crippen LogP) is 0.464. The van der Waals surface area contributed by atoms with Crippen molar-refractivity contribution in [1.29, 1.82) is 10.5 Å². The number of rotatable bonds is 2. The van der Waals surface area contributed by atoms with Gasteiger partial charge in [0.25, 0.3) is 0 Å². The van der Waals surface area contributed by atoms with Gasteiger partial charge in [-0.1, -0.05) is 0 Å². The molecule has 1 fully saturated rings. The third-order valence-corrected chi connectivity index (χ3v) is 4.71. The molecule has 0 radical (unpaired) electrons. The van der Waals surface area contributed by atoms with Crippen LogP contribution in [0, 0.1) is 28.6 Å². The van der Waals surface area contributed by atoms with Crippen LogP contribution >= 0.6 is 0 Å². The van der Waals surface area contributed by atoms with Crippen LogP contribution in [0.1, 0.15) is 19.8 Å². The summed E-state index contributed by atoms with van der Waals surface area (Å²) in [5.41, 5.74) is 0. The summed E-state index contributed by atoms with van der Waals surface area (Å²) in [4.78, 5) is 0. The van der Waals surface area contributed by atoms with E-state index in [0.29, 0.717) is 25.9 Å². The topological polar surface area (TPSA) is 85.0 Å². The Bertz CT molecular complexity index is 396. The summed E-state index contributed by atoms with van der Waals surface area (Å²) in [6, 6.07) is 3.87. The van der Waals surface area contributed by atoms with Crippen LogP contribution in [0.4, 0.5) is 0 Å². The molecule has 0 aromatic carbocycles. The molecule has 0 amide bonds. The number of nitrogens with zero attached hydrogens (tertiary/aromatic N) is 3. The molecule has 82 valence electrons. The molecule has 1 aliphatic rings. The third-order valence-electron chi connectivity index (χ3n) is 2.62. The highest BCUT2D eigenvalue weighted by atomic mass is 32.2. The Morgan fingerprint density at radius 2 is 1.87 bits per heavy atom. The van der Waals surface area contributed by atoms with E-state index in [1.165, 1.54) is 11.2 Å². The van der Waals surface area contributed by atoms with E-state index < -0.39 is 15.3 Å². The molecule has 15 heavy (non-hydrogen) atoms. The molecule has 5 nitrogen and oxygen atoms in total. The second-order valence-electron chi connectivity index (χ2n) is 3.62. The molecular formula is C9H13N3O2S. The molecule has 0 aliphatic carbocycles. The van der Waals surface area contributed by atoms with Gasteiger partial charge in [-0.3, -0.25) is 0 Å². The lowest BCUT2D eigenvalue weighted by atomic mass is 10.0. The van der Waals surface area contributed by atoms with Crippen molar-refractivity contribution in [3.8, 4) is 12.1 Å². The molecule has 0 saturated carbocycles. The van der Waals surface area contributed by atoms with E-state index in [1.54, 1.807) is 6.07 Å². The van der Waals surface area contributed by atoms with Crippen LogP contribution in [0.25, 0.3) is 0 Å². The zero-order valence-corrected chi connectivity index (χ0v) is 9.37. The number of piperidine rings is 1. The number of nitriles is 2. The lowest BCUT2D eigenvalue weighted by Crippen LogP contribution is -2.42. The van der Waals surface area contributed by atoms with Crippen LogP contribution in [0.3, 0.4) is 0 Å². The minimum Gasteiger partial charge on any atom is -0.211 e. The van der Waals surface area contributed by atoms with E-state index in [2.05, 4.69) is 6.07 Å². The van der Waals surface area contributed by atoms with Crippen molar-refractivity contribution in [3.63, 3.8) is 0 Å². The average Bonchev–Trinajstić information content (AvgIpc) is 2.28. The Balaban J connectivity index is 2.70. The molecule has 0 N–H and O–H groups in total. The molecule has 0 aromatic rings. The molecule has 0 bridgehead atoms. The predicted molar refractivity (Wildman–Crippen MR) is 53.9 cm³/mol. The molecule has 1 heterocycles. The zero-order chi connectivity index (χ0) is 11.5. The minimum atomic E-state index is -3.48. The number of hydrogen-bond donors (Lipinski definition) is 0. The Labute approximate surface area is 90.0 Å². The minimum absolute atomic E-state index is 0.0474. The van der Waals surface area contributed by atoms with E-state index in [0.717, 1.165) is 0 Å². The van der Waals surface area contributed by atoms with Crippen molar-refractivity contribution in [3.05, 3.63) is 0 Å². The van der Waals surface area contributed by atoms with Crippen molar-refractivity contribution < 1.29 is 8.42 Å². The fourth-order valence-corrected chi connectivity index (χ4v) is 2.83. The molecule has 1 atom stereocenters. The molecule has 0 aromatic heterocycles. The van der Waals surface area contributed by atoms with Crippen LogP contribution in [0.15, 0.2) is 0 Å². The van der Waals surface area contributed by atoms with Crippen LogP contribution in [0.5, 0.6) is 0 Å². The summed E-state index contributed by atoms with van der Waals surface area (Å²) in [5, 5.41) is 16.3. The van der Waals surface area contributed by atoms with Gasteiger partial charge in [-0.25, -0.2) is 12.7 Å². The van der Waals surface area contributed by atoms with Crippen LogP contribution in [0.2, 0.25) is 0 Å². The van der Waals surface area contributed by atoms with Gasteiger partial charge >= 0.3 is 0 Å². The van der Waals surface area contributed by atoms with Gasteiger partial charge < -0.3 is 0 Å². The first kappa shape index (κ1) is 12.0. The van der Waals surface area contributed by atoms with Crippen molar-refractivity contribution in [2.45, 2.75) is 25.0 Å². The highest BCUT2D eigenvalue weighted by Crippen LogP contribution is 2.20. The maximum Gasteiger partial charge on any atom is 0.230 e. The molecule has 1 aliphatic heterocycles. The number of hydrogen-bond acceptors (Lipinski definition) is 4. The van der Waals surface area contributed by atoms with Gasteiger partial charge in [0.05, 0.1) is 12.1 Å². The monoisotopic (exact) mass is 227 g/mol. The summed E-state index contributed by atoms with van der Waals surface area (Å²) in [6.45, 7) is 2.09. The molecule has 0 spiro atoms. The van der Waals surface area contributed by atoms with Crippen molar-refractivity contribution in [2.24, 2.45) is 5.92 Å². The van der Waals surface area contributed by atoms with Crippen molar-refractivity contribution in [2.75, 3.05) is 13.1 Å². The Hall–Kier alpha value is -1.11. The van der Waals surface area contributed by atoms with E-state index in [9.17, 15) is 8.42 Å². The summed E-state index contributed by atoms with van der Waals surface area (Å²) >= 11 is 0. The molecule has 1 saturated heterocycles. The summed E-state index contributed by atoms with van der Waals surface area (Å²) in [6.07, 6.45) is 1.13. The van der Waals surface area contributed by atoms with Gasteiger partial charge in [0, 0.05) is 19.0 Å². The molecule has 1 rings (SSSR count). The van der Waals surface area contributed by atoms with Crippen molar-refractivity contribution in [1.82, 2.24) is 4.31 Å². The Morgan fingerprint density at radius 1 is 1.33 bits per heavy atom. The lowest BCUT2D eigenvalue weighted by molar-refractivity contribution is 0.309. The van der Waals surface area contributed by atoms with Gasteiger partial charge in [-0.15, -0.1) is 0 Å². The third kappa shape index (κ3) is 2.47. The first-order chi connectivity index (χ1) is 7.02. The van der Waals surface area contributed by atoms with E-state index in [-0.39, 0.29) is 5.92 Å². The SMILES string of the molecule is CC(C#N)S(=O)(=O)N1CCC(C#N)CC1. The van der Waals surface area contributed by atoms with Gasteiger partial charge in [0.1, 0.15) is 0 Å². The van der Waals surface area contributed by atoms with E-state index in [4.69, 9.17) is 10.5 Å². The van der Waals surface area contributed by atoms with E-state index >= 15 is 0 Å². The maximum atomic E-state index is 11.7. The highest BCUT2D eigenvalue weighted by Gasteiger charge is 2.32. The first-order valence-electron chi connectivity index (χ1n) is 4.80. The number of sulfonamides is 1. The van der Waals surface area contributed by atoms with Crippen molar-refractivity contribution >= 4 is 10.0 Å². The second kappa shape index (κ2) is 4.61. The largest absolute Gasteiger partial charge is 0.230 e. The van der Waals surface area contributed by atoms with Gasteiger partial charge in [-0.2, -0.15) is 10.5 Å². The summed E-state index contributed by atoms with van der Waals surface area (Å²) in [5.74, 6) is -0.0474. The van der Waals surface area contributed by atoms with Gasteiger partial charge in [-0.05, 0) is 19.8 Å². The fourth-order valence-electron chi connectivity index (χ4n) is 1.53. The van der Waals surface area contributed by atoms with Crippen LogP contribution < -0.4 is 0 Å². The zero-order valence-electron chi connectivity index (χ0n) is 8.55. The fraction of sp³-hybridized carbons (Fsp3) is 0.778. The maximum absolute atomic E-state index is 11.7. The second-order valence-corrected chi connectivity index (χ2v) is 5.87. The average molecular weight is 227 g/mol. The standard InChI is InChI=1S/C9H13N3O2S/c1-8(6-10)15(13,14)12-4-2-9(7-11)3-5-12/h8-9H,2-5H2,1H3. The van der Waals surface area contributed by atoms with Gasteiger partial charge in [0.2, 0.25) is 10.0 Å². The Kier molecular flexibility index (Phi) is 3.67.